The molecule has 0 unspecified atom stereocenters. The predicted molar refractivity (Wildman–Crippen MR) is 82.4 cm³/mol. The fourth-order valence-electron chi connectivity index (χ4n) is 2.57. The maximum absolute atomic E-state index is 11.0. The first kappa shape index (κ1) is 15.1. The Balaban J connectivity index is 1.93. The number of rotatable bonds is 4. The van der Waals surface area contributed by atoms with Crippen LogP contribution in [0.2, 0.25) is 5.02 Å². The van der Waals surface area contributed by atoms with Crippen molar-refractivity contribution < 1.29 is 9.53 Å². The first-order valence-corrected chi connectivity index (χ1v) is 7.32. The third-order valence-electron chi connectivity index (χ3n) is 3.66. The minimum atomic E-state index is -0.120. The molecule has 1 aliphatic carbocycles. The van der Waals surface area contributed by atoms with Crippen LogP contribution in [0.4, 0.5) is 11.4 Å². The van der Waals surface area contributed by atoms with E-state index in [9.17, 15) is 4.79 Å². The van der Waals surface area contributed by atoms with Gasteiger partial charge < -0.3 is 15.4 Å². The number of carbonyl (C=O) groups excluding carboxylic acids is 1. The van der Waals surface area contributed by atoms with Gasteiger partial charge in [0.15, 0.2) is 0 Å². The number of nitrogens with one attached hydrogen (secondary N) is 2. The molecule has 110 valence electrons. The first-order valence-electron chi connectivity index (χ1n) is 6.95. The van der Waals surface area contributed by atoms with Gasteiger partial charge in [-0.25, -0.2) is 0 Å². The van der Waals surface area contributed by atoms with Crippen molar-refractivity contribution in [1.82, 2.24) is 0 Å². The second-order valence-corrected chi connectivity index (χ2v) is 5.64. The standard InChI is InChI=1S/C15H21ClN2O2/c1-10(19)17-15-8-5-12(9-14(15)16)18-11-3-6-13(20-2)7-4-11/h5,8-9,11,13,18H,3-4,6-7H2,1-2H3,(H,17,19). The average Bonchev–Trinajstić information content (AvgIpc) is 2.42. The Kier molecular flexibility index (Phi) is 5.26. The van der Waals surface area contributed by atoms with E-state index < -0.39 is 0 Å². The van der Waals surface area contributed by atoms with E-state index in [2.05, 4.69) is 10.6 Å². The Hall–Kier alpha value is -1.26. The van der Waals surface area contributed by atoms with Crippen molar-refractivity contribution in [3.63, 3.8) is 0 Å². The summed E-state index contributed by atoms with van der Waals surface area (Å²) in [6, 6.07) is 6.09. The predicted octanol–water partition coefficient (Wildman–Crippen LogP) is 3.67. The van der Waals surface area contributed by atoms with E-state index in [1.165, 1.54) is 6.92 Å². The minimum Gasteiger partial charge on any atom is -0.382 e. The zero-order chi connectivity index (χ0) is 14.5. The molecule has 0 aliphatic heterocycles. The molecule has 1 aromatic carbocycles. The molecule has 1 aromatic rings. The van der Waals surface area contributed by atoms with Crippen molar-refractivity contribution in [1.29, 1.82) is 0 Å². The molecule has 1 saturated carbocycles. The summed E-state index contributed by atoms with van der Waals surface area (Å²) in [5, 5.41) is 6.75. The van der Waals surface area contributed by atoms with Crippen LogP contribution in [0.25, 0.3) is 0 Å². The van der Waals surface area contributed by atoms with Gasteiger partial charge >= 0.3 is 0 Å². The van der Waals surface area contributed by atoms with Crippen molar-refractivity contribution in [2.24, 2.45) is 0 Å². The molecule has 2 N–H and O–H groups in total. The number of ether oxygens (including phenoxy) is 1. The molecule has 0 aromatic heterocycles. The highest BCUT2D eigenvalue weighted by Crippen LogP contribution is 2.28. The van der Waals surface area contributed by atoms with Gasteiger partial charge in [0.25, 0.3) is 0 Å². The van der Waals surface area contributed by atoms with Crippen molar-refractivity contribution in [3.05, 3.63) is 23.2 Å². The summed E-state index contributed by atoms with van der Waals surface area (Å²) in [6.45, 7) is 1.47. The number of benzene rings is 1. The van der Waals surface area contributed by atoms with Crippen LogP contribution in [0.3, 0.4) is 0 Å². The van der Waals surface area contributed by atoms with Gasteiger partial charge in [-0.15, -0.1) is 0 Å². The smallest absolute Gasteiger partial charge is 0.221 e. The van der Waals surface area contributed by atoms with Gasteiger partial charge in [0, 0.05) is 25.8 Å². The molecule has 5 heteroatoms. The quantitative estimate of drug-likeness (QED) is 0.891. The summed E-state index contributed by atoms with van der Waals surface area (Å²) < 4.78 is 5.37. The van der Waals surface area contributed by atoms with Gasteiger partial charge in [0.2, 0.25) is 5.91 Å². The van der Waals surface area contributed by atoms with Crippen molar-refractivity contribution in [3.8, 4) is 0 Å². The normalized spacial score (nSPS) is 22.4. The third kappa shape index (κ3) is 4.12. The van der Waals surface area contributed by atoms with Crippen molar-refractivity contribution in [2.45, 2.75) is 44.8 Å². The molecule has 0 spiro atoms. The third-order valence-corrected chi connectivity index (χ3v) is 3.97. The van der Waals surface area contributed by atoms with Crippen LogP contribution < -0.4 is 10.6 Å². The molecule has 0 radical (unpaired) electrons. The molecular weight excluding hydrogens is 276 g/mol. The van der Waals surface area contributed by atoms with Gasteiger partial charge in [0.05, 0.1) is 16.8 Å². The van der Waals surface area contributed by atoms with Crippen LogP contribution in [0.1, 0.15) is 32.6 Å². The summed E-state index contributed by atoms with van der Waals surface area (Å²) in [5.41, 5.74) is 1.64. The van der Waals surface area contributed by atoms with E-state index >= 15 is 0 Å². The maximum atomic E-state index is 11.0. The molecule has 1 amide bonds. The Morgan fingerprint density at radius 2 is 2.00 bits per heavy atom. The lowest BCUT2D eigenvalue weighted by atomic mass is 9.93. The SMILES string of the molecule is COC1CCC(Nc2ccc(NC(C)=O)c(Cl)c2)CC1. The minimum absolute atomic E-state index is 0.120. The Bertz CT molecular complexity index is 471. The first-order chi connectivity index (χ1) is 9.58. The molecule has 0 atom stereocenters. The van der Waals surface area contributed by atoms with E-state index in [0.717, 1.165) is 31.4 Å². The van der Waals surface area contributed by atoms with Crippen LogP contribution >= 0.6 is 11.6 Å². The second-order valence-electron chi connectivity index (χ2n) is 5.23. The maximum Gasteiger partial charge on any atom is 0.221 e. The molecule has 4 nitrogen and oxygen atoms in total. The average molecular weight is 297 g/mol. The van der Waals surface area contributed by atoms with E-state index in [1.54, 1.807) is 7.11 Å². The van der Waals surface area contributed by atoms with Gasteiger partial charge in [0.1, 0.15) is 0 Å². The van der Waals surface area contributed by atoms with Crippen LogP contribution in [0.5, 0.6) is 0 Å². The summed E-state index contributed by atoms with van der Waals surface area (Å²) in [6.07, 6.45) is 4.78. The van der Waals surface area contributed by atoms with Crippen LogP contribution in [0.15, 0.2) is 18.2 Å². The van der Waals surface area contributed by atoms with Crippen LogP contribution in [-0.2, 0) is 9.53 Å². The molecule has 2 rings (SSSR count). The monoisotopic (exact) mass is 296 g/mol. The second kappa shape index (κ2) is 6.95. The summed E-state index contributed by atoms with van der Waals surface area (Å²) in [5.74, 6) is -0.120. The fourth-order valence-corrected chi connectivity index (χ4v) is 2.80. The molecule has 0 heterocycles. The highest BCUT2D eigenvalue weighted by atomic mass is 35.5. The highest BCUT2D eigenvalue weighted by molar-refractivity contribution is 6.34. The Morgan fingerprint density at radius 3 is 2.55 bits per heavy atom. The van der Waals surface area contributed by atoms with Crippen molar-refractivity contribution in [2.75, 3.05) is 17.7 Å². The Labute approximate surface area is 124 Å². The fraction of sp³-hybridized carbons (Fsp3) is 0.533. The largest absolute Gasteiger partial charge is 0.382 e. The molecule has 1 fully saturated rings. The summed E-state index contributed by atoms with van der Waals surface area (Å²) >= 11 is 6.16. The number of amides is 1. The molecule has 20 heavy (non-hydrogen) atoms. The number of hydrogen-bond acceptors (Lipinski definition) is 3. The highest BCUT2D eigenvalue weighted by Gasteiger charge is 2.20. The number of hydrogen-bond donors (Lipinski definition) is 2. The molecular formula is C15H21ClN2O2. The van der Waals surface area contributed by atoms with E-state index in [1.807, 2.05) is 18.2 Å². The van der Waals surface area contributed by atoms with E-state index in [0.29, 0.717) is 22.9 Å². The van der Waals surface area contributed by atoms with Crippen LogP contribution in [-0.4, -0.2) is 25.2 Å². The summed E-state index contributed by atoms with van der Waals surface area (Å²) in [7, 11) is 1.78. The zero-order valence-corrected chi connectivity index (χ0v) is 12.7. The summed E-state index contributed by atoms with van der Waals surface area (Å²) in [4.78, 5) is 11.0. The molecule has 0 bridgehead atoms. The van der Waals surface area contributed by atoms with Gasteiger partial charge in [-0.1, -0.05) is 11.6 Å². The lowest BCUT2D eigenvalue weighted by Crippen LogP contribution is -2.29. The topological polar surface area (TPSA) is 50.4 Å². The van der Waals surface area contributed by atoms with Gasteiger partial charge in [-0.3, -0.25) is 4.79 Å². The van der Waals surface area contributed by atoms with Crippen molar-refractivity contribution >= 4 is 28.9 Å². The Morgan fingerprint density at radius 1 is 1.30 bits per heavy atom. The van der Waals surface area contributed by atoms with E-state index in [-0.39, 0.29) is 5.91 Å². The van der Waals surface area contributed by atoms with E-state index in [4.69, 9.17) is 16.3 Å². The van der Waals surface area contributed by atoms with Crippen LogP contribution in [0, 0.1) is 0 Å². The lowest BCUT2D eigenvalue weighted by molar-refractivity contribution is -0.114. The van der Waals surface area contributed by atoms with Gasteiger partial charge in [-0.05, 0) is 43.9 Å². The number of halogens is 1. The lowest BCUT2D eigenvalue weighted by Gasteiger charge is -2.29. The number of anilines is 2. The molecule has 0 saturated heterocycles. The number of carbonyl (C=O) groups is 1. The van der Waals surface area contributed by atoms with Gasteiger partial charge in [-0.2, -0.15) is 0 Å². The zero-order valence-electron chi connectivity index (χ0n) is 11.9. The molecule has 1 aliphatic rings. The number of methoxy groups -OCH3 is 1.